The molecular formula is C16H11F3N4O3S. The molecular weight excluding hydrogens is 385 g/mol. The summed E-state index contributed by atoms with van der Waals surface area (Å²) < 4.78 is 66.2. The number of hydrogen-bond acceptors (Lipinski definition) is 5. The molecule has 4 aromatic rings. The monoisotopic (exact) mass is 396 g/mol. The van der Waals surface area contributed by atoms with E-state index in [1.807, 2.05) is 0 Å². The Morgan fingerprint density at radius 3 is 2.59 bits per heavy atom. The average molecular weight is 396 g/mol. The lowest BCUT2D eigenvalue weighted by Gasteiger charge is -2.09. The lowest BCUT2D eigenvalue weighted by Crippen LogP contribution is -2.28. The molecule has 11 heteroatoms. The SMILES string of the molecule is Cn1cc(-c2cc3nccnc3[nH]2)c2cc(OS(=O)(=O)C(F)(F)F)ccc21. The van der Waals surface area contributed by atoms with Crippen molar-refractivity contribution in [3.8, 4) is 17.0 Å². The average Bonchev–Trinajstić information content (AvgIpc) is 3.14. The Labute approximate surface area is 150 Å². The molecule has 0 unspecified atom stereocenters. The summed E-state index contributed by atoms with van der Waals surface area (Å²) in [6, 6.07) is 5.65. The van der Waals surface area contributed by atoms with Gasteiger partial charge in [0.25, 0.3) is 0 Å². The summed E-state index contributed by atoms with van der Waals surface area (Å²) in [4.78, 5) is 11.4. The fraction of sp³-hybridized carbons (Fsp3) is 0.125. The van der Waals surface area contributed by atoms with E-state index in [2.05, 4.69) is 19.1 Å². The maximum Gasteiger partial charge on any atom is 0.534 e. The first-order valence-corrected chi connectivity index (χ1v) is 8.96. The summed E-state index contributed by atoms with van der Waals surface area (Å²) in [5.74, 6) is -0.431. The lowest BCUT2D eigenvalue weighted by atomic mass is 10.1. The Kier molecular flexibility index (Phi) is 3.67. The number of rotatable bonds is 3. The molecule has 1 aromatic carbocycles. The van der Waals surface area contributed by atoms with Crippen molar-refractivity contribution in [2.24, 2.45) is 7.05 Å². The zero-order valence-corrected chi connectivity index (χ0v) is 14.5. The zero-order valence-electron chi connectivity index (χ0n) is 13.6. The molecule has 0 saturated heterocycles. The maximum absolute atomic E-state index is 12.6. The standard InChI is InChI=1S/C16H11F3N4O3S/c1-23-8-11(12-7-13-15(22-12)21-5-4-20-13)10-6-9(2-3-14(10)23)26-27(24,25)16(17,18)19/h2-8H,1H3,(H,21,22). The van der Waals surface area contributed by atoms with Gasteiger partial charge < -0.3 is 13.7 Å². The molecule has 0 fully saturated rings. The topological polar surface area (TPSA) is 89.9 Å². The molecule has 0 radical (unpaired) electrons. The third kappa shape index (κ3) is 2.89. The molecule has 3 aromatic heterocycles. The zero-order chi connectivity index (χ0) is 19.4. The van der Waals surface area contributed by atoms with Gasteiger partial charge in [0, 0.05) is 42.1 Å². The highest BCUT2D eigenvalue weighted by Gasteiger charge is 2.48. The van der Waals surface area contributed by atoms with Gasteiger partial charge in [0.2, 0.25) is 0 Å². The Morgan fingerprint density at radius 2 is 1.89 bits per heavy atom. The first-order chi connectivity index (χ1) is 12.7. The third-order valence-corrected chi connectivity index (χ3v) is 4.98. The normalized spacial score (nSPS) is 12.7. The van der Waals surface area contributed by atoms with Crippen LogP contribution in [0.2, 0.25) is 0 Å². The van der Waals surface area contributed by atoms with Gasteiger partial charge in [0.15, 0.2) is 5.65 Å². The summed E-state index contributed by atoms with van der Waals surface area (Å²) in [7, 11) is -3.98. The summed E-state index contributed by atoms with van der Waals surface area (Å²) in [5, 5.41) is 0.513. The molecule has 7 nitrogen and oxygen atoms in total. The molecule has 140 valence electrons. The lowest BCUT2D eigenvalue weighted by molar-refractivity contribution is -0.0500. The highest BCUT2D eigenvalue weighted by atomic mass is 32.2. The second-order valence-corrected chi connectivity index (χ2v) is 7.33. The Bertz CT molecular complexity index is 1240. The number of aryl methyl sites for hydroxylation is 1. The minimum absolute atomic E-state index is 0.431. The summed E-state index contributed by atoms with van der Waals surface area (Å²) >= 11 is 0. The molecule has 0 amide bonds. The molecule has 0 aliphatic carbocycles. The summed E-state index contributed by atoms with van der Waals surface area (Å²) in [5.41, 5.74) is -2.37. The van der Waals surface area contributed by atoms with Crippen LogP contribution in [0.5, 0.6) is 5.75 Å². The van der Waals surface area contributed by atoms with Gasteiger partial charge in [-0.3, -0.25) is 4.98 Å². The number of nitrogens with one attached hydrogen (secondary N) is 1. The molecule has 0 saturated carbocycles. The number of fused-ring (bicyclic) bond motifs is 2. The van der Waals surface area contributed by atoms with Gasteiger partial charge in [-0.15, -0.1) is 0 Å². The third-order valence-electron chi connectivity index (χ3n) is 4.00. The number of benzene rings is 1. The van der Waals surface area contributed by atoms with Crippen LogP contribution < -0.4 is 4.18 Å². The summed E-state index contributed by atoms with van der Waals surface area (Å²) in [6.07, 6.45) is 4.83. The fourth-order valence-corrected chi connectivity index (χ4v) is 3.26. The van der Waals surface area contributed by atoms with Gasteiger partial charge >= 0.3 is 15.6 Å². The van der Waals surface area contributed by atoms with E-state index in [1.165, 1.54) is 30.6 Å². The van der Waals surface area contributed by atoms with E-state index >= 15 is 0 Å². The van der Waals surface area contributed by atoms with Crippen molar-refractivity contribution < 1.29 is 25.8 Å². The van der Waals surface area contributed by atoms with Crippen molar-refractivity contribution in [3.63, 3.8) is 0 Å². The first kappa shape index (κ1) is 17.3. The van der Waals surface area contributed by atoms with Crippen molar-refractivity contribution in [2.45, 2.75) is 5.51 Å². The second kappa shape index (κ2) is 5.71. The summed E-state index contributed by atoms with van der Waals surface area (Å²) in [6.45, 7) is 0. The quantitative estimate of drug-likeness (QED) is 0.424. The van der Waals surface area contributed by atoms with E-state index in [4.69, 9.17) is 0 Å². The van der Waals surface area contributed by atoms with E-state index in [9.17, 15) is 21.6 Å². The van der Waals surface area contributed by atoms with Crippen LogP contribution in [0.15, 0.2) is 42.9 Å². The number of nitrogens with zero attached hydrogens (tertiary/aromatic N) is 3. The first-order valence-electron chi connectivity index (χ1n) is 7.56. The van der Waals surface area contributed by atoms with Crippen LogP contribution in [0, 0.1) is 0 Å². The van der Waals surface area contributed by atoms with Gasteiger partial charge in [0.1, 0.15) is 11.3 Å². The second-order valence-electron chi connectivity index (χ2n) is 5.79. The van der Waals surface area contributed by atoms with E-state index in [1.54, 1.807) is 23.9 Å². The van der Waals surface area contributed by atoms with Gasteiger partial charge in [-0.05, 0) is 24.3 Å². The predicted octanol–water partition coefficient (Wildman–Crippen LogP) is 3.35. The molecule has 27 heavy (non-hydrogen) atoms. The molecule has 0 atom stereocenters. The van der Waals surface area contributed by atoms with Crippen LogP contribution in [-0.4, -0.2) is 33.4 Å². The van der Waals surface area contributed by atoms with E-state index in [-0.39, 0.29) is 0 Å². The van der Waals surface area contributed by atoms with Crippen LogP contribution in [-0.2, 0) is 17.2 Å². The minimum atomic E-state index is -5.75. The number of halogens is 3. The smallest absolute Gasteiger partial charge is 0.376 e. The maximum atomic E-state index is 12.6. The van der Waals surface area contributed by atoms with Gasteiger partial charge in [-0.25, -0.2) is 4.98 Å². The molecule has 0 spiro atoms. The van der Waals surface area contributed by atoms with Crippen molar-refractivity contribution >= 4 is 32.2 Å². The van der Waals surface area contributed by atoms with Crippen LogP contribution in [0.4, 0.5) is 13.2 Å². The van der Waals surface area contributed by atoms with Crippen LogP contribution in [0.3, 0.4) is 0 Å². The number of hydrogen-bond donors (Lipinski definition) is 1. The van der Waals surface area contributed by atoms with Crippen LogP contribution in [0.1, 0.15) is 0 Å². The Hall–Kier alpha value is -3.08. The van der Waals surface area contributed by atoms with Gasteiger partial charge in [-0.1, -0.05) is 0 Å². The number of aromatic amines is 1. The number of H-pyrrole nitrogens is 1. The number of alkyl halides is 3. The largest absolute Gasteiger partial charge is 0.534 e. The van der Waals surface area contributed by atoms with Crippen molar-refractivity contribution in [1.29, 1.82) is 0 Å². The van der Waals surface area contributed by atoms with E-state index in [0.29, 0.717) is 33.3 Å². The minimum Gasteiger partial charge on any atom is -0.376 e. The van der Waals surface area contributed by atoms with Gasteiger partial charge in [-0.2, -0.15) is 21.6 Å². The molecule has 0 bridgehead atoms. The highest BCUT2D eigenvalue weighted by molar-refractivity contribution is 7.88. The van der Waals surface area contributed by atoms with Crippen molar-refractivity contribution in [1.82, 2.24) is 19.5 Å². The van der Waals surface area contributed by atoms with E-state index in [0.717, 1.165) is 0 Å². The number of aromatic nitrogens is 4. The Balaban J connectivity index is 1.85. The van der Waals surface area contributed by atoms with Crippen LogP contribution >= 0.6 is 0 Å². The molecule has 1 N–H and O–H groups in total. The fourth-order valence-electron chi connectivity index (χ4n) is 2.81. The Morgan fingerprint density at radius 1 is 1.15 bits per heavy atom. The highest BCUT2D eigenvalue weighted by Crippen LogP contribution is 2.35. The van der Waals surface area contributed by atoms with E-state index < -0.39 is 21.4 Å². The van der Waals surface area contributed by atoms with Crippen molar-refractivity contribution in [2.75, 3.05) is 0 Å². The molecule has 0 aliphatic heterocycles. The molecule has 4 rings (SSSR count). The molecule has 3 heterocycles. The molecule has 0 aliphatic rings. The van der Waals surface area contributed by atoms with Crippen LogP contribution in [0.25, 0.3) is 33.3 Å². The van der Waals surface area contributed by atoms with Crippen molar-refractivity contribution in [3.05, 3.63) is 42.9 Å². The van der Waals surface area contributed by atoms with Gasteiger partial charge in [0.05, 0.1) is 5.69 Å². The predicted molar refractivity (Wildman–Crippen MR) is 91.4 cm³/mol.